The smallest absolute Gasteiger partial charge is 0.311 e. The van der Waals surface area contributed by atoms with Crippen molar-refractivity contribution in [2.75, 3.05) is 13.1 Å². The van der Waals surface area contributed by atoms with Crippen molar-refractivity contribution in [3.05, 3.63) is 0 Å². The number of amides is 1. The first-order valence-corrected chi connectivity index (χ1v) is 6.80. The Labute approximate surface area is 115 Å². The highest BCUT2D eigenvalue weighted by atomic mass is 16.4. The summed E-state index contributed by atoms with van der Waals surface area (Å²) in [6, 6.07) is -0.593. The summed E-state index contributed by atoms with van der Waals surface area (Å²) in [5, 5.41) is 9.46. The van der Waals surface area contributed by atoms with E-state index in [2.05, 4.69) is 0 Å². The number of nitrogens with zero attached hydrogens (tertiary/aromatic N) is 1. The number of carbonyl (C=O) groups excluding carboxylic acids is 1. The van der Waals surface area contributed by atoms with Crippen molar-refractivity contribution in [1.82, 2.24) is 4.90 Å². The van der Waals surface area contributed by atoms with E-state index in [4.69, 9.17) is 5.73 Å². The number of hydrogen-bond donors (Lipinski definition) is 2. The topological polar surface area (TPSA) is 83.6 Å². The zero-order valence-corrected chi connectivity index (χ0v) is 12.6. The summed E-state index contributed by atoms with van der Waals surface area (Å²) < 4.78 is 0. The van der Waals surface area contributed by atoms with Crippen molar-refractivity contribution in [2.45, 2.75) is 47.1 Å². The number of rotatable bonds is 3. The molecule has 0 bridgehead atoms. The van der Waals surface area contributed by atoms with Crippen LogP contribution >= 0.6 is 0 Å². The SMILES string of the molecule is CC(C)C1(C(=O)O)CCN(C(=O)[C@H](N)C(C)(C)C)C1. The van der Waals surface area contributed by atoms with Gasteiger partial charge in [0.25, 0.3) is 0 Å². The molecule has 2 atom stereocenters. The van der Waals surface area contributed by atoms with Crippen molar-refractivity contribution in [1.29, 1.82) is 0 Å². The molecule has 3 N–H and O–H groups in total. The van der Waals surface area contributed by atoms with Crippen LogP contribution < -0.4 is 5.73 Å². The van der Waals surface area contributed by atoms with Crippen LogP contribution in [0.3, 0.4) is 0 Å². The number of nitrogens with two attached hydrogens (primary N) is 1. The average molecular weight is 270 g/mol. The van der Waals surface area contributed by atoms with E-state index in [0.29, 0.717) is 13.0 Å². The Hall–Kier alpha value is -1.10. The lowest BCUT2D eigenvalue weighted by atomic mass is 9.76. The number of carboxylic acid groups (broad SMARTS) is 1. The largest absolute Gasteiger partial charge is 0.481 e. The van der Waals surface area contributed by atoms with Crippen LogP contribution in [0.2, 0.25) is 0 Å². The Morgan fingerprint density at radius 1 is 1.32 bits per heavy atom. The maximum Gasteiger partial charge on any atom is 0.311 e. The van der Waals surface area contributed by atoms with Crippen molar-refractivity contribution in [3.8, 4) is 0 Å². The predicted molar refractivity (Wildman–Crippen MR) is 73.5 cm³/mol. The highest BCUT2D eigenvalue weighted by Crippen LogP contribution is 2.38. The van der Waals surface area contributed by atoms with Crippen LogP contribution in [-0.4, -0.2) is 41.0 Å². The summed E-state index contributed by atoms with van der Waals surface area (Å²) >= 11 is 0. The summed E-state index contributed by atoms with van der Waals surface area (Å²) in [5.74, 6) is -0.966. The van der Waals surface area contributed by atoms with Crippen LogP contribution in [0.15, 0.2) is 0 Å². The third kappa shape index (κ3) is 2.91. The third-order valence-electron chi connectivity index (χ3n) is 4.34. The number of carboxylic acids is 1. The Bertz CT molecular complexity index is 373. The van der Waals surface area contributed by atoms with Gasteiger partial charge in [-0.3, -0.25) is 9.59 Å². The van der Waals surface area contributed by atoms with Gasteiger partial charge in [0.1, 0.15) is 0 Å². The Morgan fingerprint density at radius 2 is 1.84 bits per heavy atom. The van der Waals surface area contributed by atoms with Gasteiger partial charge >= 0.3 is 5.97 Å². The quantitative estimate of drug-likeness (QED) is 0.810. The van der Waals surface area contributed by atoms with Crippen LogP contribution in [-0.2, 0) is 9.59 Å². The van der Waals surface area contributed by atoms with Crippen molar-refractivity contribution in [3.63, 3.8) is 0 Å². The maximum atomic E-state index is 12.3. The van der Waals surface area contributed by atoms with E-state index in [1.165, 1.54) is 0 Å². The molecule has 1 unspecified atom stereocenters. The fourth-order valence-electron chi connectivity index (χ4n) is 2.48. The molecule has 0 aromatic carbocycles. The molecule has 19 heavy (non-hydrogen) atoms. The molecule has 1 heterocycles. The van der Waals surface area contributed by atoms with Gasteiger partial charge in [-0.1, -0.05) is 34.6 Å². The molecule has 1 aliphatic heterocycles. The van der Waals surface area contributed by atoms with E-state index in [0.717, 1.165) is 0 Å². The molecule has 1 saturated heterocycles. The molecule has 1 fully saturated rings. The van der Waals surface area contributed by atoms with Crippen LogP contribution in [0.25, 0.3) is 0 Å². The molecule has 1 aliphatic rings. The normalized spacial score (nSPS) is 25.7. The first-order chi connectivity index (χ1) is 8.52. The van der Waals surface area contributed by atoms with Crippen LogP contribution in [0.5, 0.6) is 0 Å². The number of carbonyl (C=O) groups is 2. The number of aliphatic carboxylic acids is 1. The fraction of sp³-hybridized carbons (Fsp3) is 0.857. The second-order valence-electron chi connectivity index (χ2n) is 6.97. The molecule has 0 radical (unpaired) electrons. The predicted octanol–water partition coefficient (Wildman–Crippen LogP) is 1.32. The second-order valence-corrected chi connectivity index (χ2v) is 6.97. The third-order valence-corrected chi connectivity index (χ3v) is 4.34. The minimum atomic E-state index is -0.826. The zero-order valence-electron chi connectivity index (χ0n) is 12.6. The van der Waals surface area contributed by atoms with Gasteiger partial charge < -0.3 is 15.7 Å². The molecular formula is C14H26N2O3. The van der Waals surface area contributed by atoms with Crippen LogP contribution in [0, 0.1) is 16.7 Å². The van der Waals surface area contributed by atoms with E-state index in [9.17, 15) is 14.7 Å². The standard InChI is InChI=1S/C14H26N2O3/c1-9(2)14(12(18)19)6-7-16(8-14)11(17)10(15)13(3,4)5/h9-10H,6-8,15H2,1-5H3,(H,18,19)/t10-,14?/m0/s1. The number of hydrogen-bond acceptors (Lipinski definition) is 3. The Balaban J connectivity index is 2.86. The van der Waals surface area contributed by atoms with Crippen molar-refractivity contribution >= 4 is 11.9 Å². The summed E-state index contributed by atoms with van der Waals surface area (Å²) in [5.41, 5.74) is 4.83. The Morgan fingerprint density at radius 3 is 2.16 bits per heavy atom. The Kier molecular flexibility index (Phi) is 4.30. The van der Waals surface area contributed by atoms with Gasteiger partial charge in [0.15, 0.2) is 0 Å². The summed E-state index contributed by atoms with van der Waals surface area (Å²) in [6.07, 6.45) is 0.503. The molecule has 0 spiro atoms. The molecule has 1 rings (SSSR count). The molecule has 0 aromatic rings. The van der Waals surface area contributed by atoms with Crippen molar-refractivity contribution < 1.29 is 14.7 Å². The minimum absolute atomic E-state index is 0.00587. The van der Waals surface area contributed by atoms with Gasteiger partial charge in [-0.2, -0.15) is 0 Å². The van der Waals surface area contributed by atoms with E-state index in [1.54, 1.807) is 4.90 Å². The highest BCUT2D eigenvalue weighted by Gasteiger charge is 2.49. The van der Waals surface area contributed by atoms with E-state index >= 15 is 0 Å². The molecule has 0 saturated carbocycles. The zero-order chi connectivity index (χ0) is 15.0. The molecule has 110 valence electrons. The average Bonchev–Trinajstić information content (AvgIpc) is 2.71. The maximum absolute atomic E-state index is 12.3. The van der Waals surface area contributed by atoms with Crippen LogP contribution in [0.1, 0.15) is 41.0 Å². The van der Waals surface area contributed by atoms with Gasteiger partial charge in [-0.25, -0.2) is 0 Å². The summed E-state index contributed by atoms with van der Waals surface area (Å²) in [4.78, 5) is 25.5. The van der Waals surface area contributed by atoms with Gasteiger partial charge in [-0.15, -0.1) is 0 Å². The molecule has 5 heteroatoms. The fourth-order valence-corrected chi connectivity index (χ4v) is 2.48. The lowest BCUT2D eigenvalue weighted by Crippen LogP contribution is -2.51. The summed E-state index contributed by atoms with van der Waals surface area (Å²) in [6.45, 7) is 10.3. The minimum Gasteiger partial charge on any atom is -0.481 e. The highest BCUT2D eigenvalue weighted by molar-refractivity contribution is 5.84. The number of likely N-dealkylation sites (tertiary alicyclic amines) is 1. The molecular weight excluding hydrogens is 244 g/mol. The second kappa shape index (κ2) is 5.12. The van der Waals surface area contributed by atoms with Crippen LogP contribution in [0.4, 0.5) is 0 Å². The van der Waals surface area contributed by atoms with E-state index < -0.39 is 17.4 Å². The van der Waals surface area contributed by atoms with Gasteiger partial charge in [0.05, 0.1) is 11.5 Å². The molecule has 0 aliphatic carbocycles. The van der Waals surface area contributed by atoms with E-state index in [1.807, 2.05) is 34.6 Å². The van der Waals surface area contributed by atoms with E-state index in [-0.39, 0.29) is 23.8 Å². The van der Waals surface area contributed by atoms with Gasteiger partial charge in [-0.05, 0) is 17.8 Å². The first-order valence-electron chi connectivity index (χ1n) is 6.80. The lowest BCUT2D eigenvalue weighted by Gasteiger charge is -2.32. The lowest BCUT2D eigenvalue weighted by molar-refractivity contribution is -0.151. The monoisotopic (exact) mass is 270 g/mol. The molecule has 0 aromatic heterocycles. The van der Waals surface area contributed by atoms with Gasteiger partial charge in [0, 0.05) is 13.1 Å². The molecule has 1 amide bonds. The summed E-state index contributed by atoms with van der Waals surface area (Å²) in [7, 11) is 0. The molecule has 5 nitrogen and oxygen atoms in total. The van der Waals surface area contributed by atoms with Gasteiger partial charge in [0.2, 0.25) is 5.91 Å². The van der Waals surface area contributed by atoms with Crippen molar-refractivity contribution in [2.24, 2.45) is 22.5 Å². The first kappa shape index (κ1) is 16.0.